The highest BCUT2D eigenvalue weighted by Crippen LogP contribution is 2.15. The van der Waals surface area contributed by atoms with E-state index in [2.05, 4.69) is 22.9 Å². The first-order valence-electron chi connectivity index (χ1n) is 10.8. The van der Waals surface area contributed by atoms with Gasteiger partial charge in [-0.3, -0.25) is 14.9 Å². The Balaban J connectivity index is 1.46. The predicted molar refractivity (Wildman–Crippen MR) is 136 cm³/mol. The normalized spacial score (nSPS) is 10.2. The summed E-state index contributed by atoms with van der Waals surface area (Å²) in [5, 5.41) is 8.68. The van der Waals surface area contributed by atoms with Crippen LogP contribution in [0.5, 0.6) is 5.75 Å². The highest BCUT2D eigenvalue weighted by molar-refractivity contribution is 7.80. The van der Waals surface area contributed by atoms with Gasteiger partial charge in [0.25, 0.3) is 5.91 Å². The molecule has 0 bridgehead atoms. The number of hydrogen-bond donors (Lipinski definition) is 3. The second-order valence-corrected chi connectivity index (χ2v) is 7.83. The molecule has 3 rings (SSSR count). The van der Waals surface area contributed by atoms with Gasteiger partial charge in [-0.25, -0.2) is 0 Å². The van der Waals surface area contributed by atoms with Gasteiger partial charge in [0.15, 0.2) is 5.11 Å². The minimum Gasteiger partial charge on any atom is -0.494 e. The summed E-state index contributed by atoms with van der Waals surface area (Å²) < 4.78 is 5.61. The van der Waals surface area contributed by atoms with Gasteiger partial charge in [0.2, 0.25) is 5.91 Å². The van der Waals surface area contributed by atoms with Crippen molar-refractivity contribution in [2.45, 2.75) is 26.2 Å². The molecular formula is C26H27N3O3S. The van der Waals surface area contributed by atoms with Crippen molar-refractivity contribution in [2.75, 3.05) is 17.2 Å². The summed E-state index contributed by atoms with van der Waals surface area (Å²) in [6.07, 6.45) is 2.36. The monoisotopic (exact) mass is 461 g/mol. The first-order chi connectivity index (χ1) is 16.0. The van der Waals surface area contributed by atoms with Crippen LogP contribution >= 0.6 is 12.2 Å². The first-order valence-corrected chi connectivity index (χ1v) is 11.2. The number of hydrogen-bond acceptors (Lipinski definition) is 4. The topological polar surface area (TPSA) is 79.5 Å². The van der Waals surface area contributed by atoms with Gasteiger partial charge < -0.3 is 15.4 Å². The summed E-state index contributed by atoms with van der Waals surface area (Å²) in [5.41, 5.74) is 2.81. The first kappa shape index (κ1) is 23.9. The lowest BCUT2D eigenvalue weighted by molar-refractivity contribution is -0.115. The summed E-state index contributed by atoms with van der Waals surface area (Å²) >= 11 is 5.25. The number of anilines is 2. The number of carbonyl (C=O) groups is 2. The van der Waals surface area contributed by atoms with E-state index in [-0.39, 0.29) is 16.9 Å². The van der Waals surface area contributed by atoms with Crippen LogP contribution < -0.4 is 20.7 Å². The summed E-state index contributed by atoms with van der Waals surface area (Å²) in [6, 6.07) is 23.6. The summed E-state index contributed by atoms with van der Waals surface area (Å²) in [6.45, 7) is 2.76. The zero-order chi connectivity index (χ0) is 23.5. The molecule has 7 heteroatoms. The number of nitrogens with one attached hydrogen (secondary N) is 3. The standard InChI is InChI=1S/C26H27N3O3S/c1-2-3-17-32-23-15-9-20(10-16-23)25(31)29-26(33)28-22-13-11-21(12-14-22)27-24(30)18-19-7-5-4-6-8-19/h4-16H,2-3,17-18H2,1H3,(H,27,30)(H2,28,29,31,33). The van der Waals surface area contributed by atoms with Crippen molar-refractivity contribution >= 4 is 40.5 Å². The molecule has 3 N–H and O–H groups in total. The fourth-order valence-corrected chi connectivity index (χ4v) is 3.21. The highest BCUT2D eigenvalue weighted by Gasteiger charge is 2.09. The molecule has 0 fully saturated rings. The average molecular weight is 462 g/mol. The van der Waals surface area contributed by atoms with Crippen molar-refractivity contribution < 1.29 is 14.3 Å². The van der Waals surface area contributed by atoms with Crippen LogP contribution in [0.1, 0.15) is 35.7 Å². The Morgan fingerprint density at radius 2 is 1.48 bits per heavy atom. The summed E-state index contributed by atoms with van der Waals surface area (Å²) in [5.74, 6) is 0.334. The maximum absolute atomic E-state index is 12.4. The summed E-state index contributed by atoms with van der Waals surface area (Å²) in [4.78, 5) is 24.6. The quantitative estimate of drug-likeness (QED) is 0.303. The van der Waals surface area contributed by atoms with E-state index in [1.807, 2.05) is 30.3 Å². The molecule has 0 atom stereocenters. The molecule has 0 spiro atoms. The third-order valence-corrected chi connectivity index (χ3v) is 4.95. The van der Waals surface area contributed by atoms with Gasteiger partial charge in [-0.1, -0.05) is 43.7 Å². The predicted octanol–water partition coefficient (Wildman–Crippen LogP) is 5.17. The van der Waals surface area contributed by atoms with Gasteiger partial charge in [0.05, 0.1) is 13.0 Å². The lowest BCUT2D eigenvalue weighted by Gasteiger charge is -2.11. The van der Waals surface area contributed by atoms with E-state index in [0.717, 1.165) is 24.2 Å². The second kappa shape index (κ2) is 12.4. The Hall–Kier alpha value is -3.71. The van der Waals surface area contributed by atoms with Gasteiger partial charge in [0.1, 0.15) is 5.75 Å². The van der Waals surface area contributed by atoms with Crippen molar-refractivity contribution in [3.8, 4) is 5.75 Å². The third kappa shape index (κ3) is 8.05. The van der Waals surface area contributed by atoms with Crippen molar-refractivity contribution in [1.82, 2.24) is 5.32 Å². The number of ether oxygens (including phenoxy) is 1. The fourth-order valence-electron chi connectivity index (χ4n) is 3.00. The molecule has 2 amide bonds. The van der Waals surface area contributed by atoms with Crippen molar-refractivity contribution in [3.05, 3.63) is 90.0 Å². The van der Waals surface area contributed by atoms with E-state index >= 15 is 0 Å². The fraction of sp³-hybridized carbons (Fsp3) is 0.192. The van der Waals surface area contributed by atoms with Crippen LogP contribution in [0.4, 0.5) is 11.4 Å². The van der Waals surface area contributed by atoms with Crippen LogP contribution in [-0.2, 0) is 11.2 Å². The number of amides is 2. The highest BCUT2D eigenvalue weighted by atomic mass is 32.1. The zero-order valence-corrected chi connectivity index (χ0v) is 19.3. The molecule has 0 aliphatic rings. The largest absolute Gasteiger partial charge is 0.494 e. The molecule has 33 heavy (non-hydrogen) atoms. The molecule has 0 aliphatic heterocycles. The molecule has 0 aromatic heterocycles. The average Bonchev–Trinajstić information content (AvgIpc) is 2.81. The van der Waals surface area contributed by atoms with Crippen LogP contribution in [0.2, 0.25) is 0 Å². The molecule has 0 unspecified atom stereocenters. The Labute approximate surface area is 199 Å². The Morgan fingerprint density at radius 3 is 2.12 bits per heavy atom. The van der Waals surface area contributed by atoms with Crippen molar-refractivity contribution in [3.63, 3.8) is 0 Å². The van der Waals surface area contributed by atoms with Gasteiger partial charge >= 0.3 is 0 Å². The molecule has 3 aromatic carbocycles. The maximum atomic E-state index is 12.4. The van der Waals surface area contributed by atoms with Crippen LogP contribution in [-0.4, -0.2) is 23.5 Å². The van der Waals surface area contributed by atoms with E-state index < -0.39 is 0 Å². The number of unbranched alkanes of at least 4 members (excludes halogenated alkanes) is 1. The second-order valence-electron chi connectivity index (χ2n) is 7.42. The molecule has 0 saturated heterocycles. The lowest BCUT2D eigenvalue weighted by atomic mass is 10.1. The third-order valence-electron chi connectivity index (χ3n) is 4.74. The summed E-state index contributed by atoms with van der Waals surface area (Å²) in [7, 11) is 0. The minimum absolute atomic E-state index is 0.0912. The number of thiocarbonyl (C=S) groups is 1. The SMILES string of the molecule is CCCCOc1ccc(C(=O)NC(=S)Nc2ccc(NC(=O)Cc3ccccc3)cc2)cc1. The molecule has 0 aliphatic carbocycles. The molecule has 0 saturated carbocycles. The Kier molecular flexibility index (Phi) is 8.97. The molecule has 0 radical (unpaired) electrons. The van der Waals surface area contributed by atoms with Crippen LogP contribution in [0, 0.1) is 0 Å². The van der Waals surface area contributed by atoms with Gasteiger partial charge in [-0.2, -0.15) is 0 Å². The van der Waals surface area contributed by atoms with Crippen LogP contribution in [0.25, 0.3) is 0 Å². The minimum atomic E-state index is -0.308. The van der Waals surface area contributed by atoms with Gasteiger partial charge in [-0.05, 0) is 72.7 Å². The van der Waals surface area contributed by atoms with E-state index in [4.69, 9.17) is 17.0 Å². The van der Waals surface area contributed by atoms with E-state index in [0.29, 0.717) is 30.0 Å². The molecule has 6 nitrogen and oxygen atoms in total. The lowest BCUT2D eigenvalue weighted by Crippen LogP contribution is -2.34. The number of carbonyl (C=O) groups excluding carboxylic acids is 2. The van der Waals surface area contributed by atoms with E-state index in [1.165, 1.54) is 0 Å². The smallest absolute Gasteiger partial charge is 0.257 e. The van der Waals surface area contributed by atoms with Crippen molar-refractivity contribution in [1.29, 1.82) is 0 Å². The Bertz CT molecular complexity index is 1070. The number of rotatable bonds is 9. The van der Waals surface area contributed by atoms with Crippen LogP contribution in [0.15, 0.2) is 78.9 Å². The molecule has 3 aromatic rings. The maximum Gasteiger partial charge on any atom is 0.257 e. The molecule has 170 valence electrons. The van der Waals surface area contributed by atoms with Gasteiger partial charge in [-0.15, -0.1) is 0 Å². The molecular weight excluding hydrogens is 434 g/mol. The van der Waals surface area contributed by atoms with Crippen LogP contribution in [0.3, 0.4) is 0 Å². The van der Waals surface area contributed by atoms with Gasteiger partial charge in [0, 0.05) is 16.9 Å². The zero-order valence-electron chi connectivity index (χ0n) is 18.5. The molecule has 0 heterocycles. The number of benzene rings is 3. The van der Waals surface area contributed by atoms with Crippen molar-refractivity contribution in [2.24, 2.45) is 0 Å². The van der Waals surface area contributed by atoms with E-state index in [9.17, 15) is 9.59 Å². The van der Waals surface area contributed by atoms with E-state index in [1.54, 1.807) is 48.5 Å². The Morgan fingerprint density at radius 1 is 0.848 bits per heavy atom.